The van der Waals surface area contributed by atoms with Crippen LogP contribution >= 0.6 is 15.9 Å². The summed E-state index contributed by atoms with van der Waals surface area (Å²) < 4.78 is 1.06. The minimum absolute atomic E-state index is 0.0257. The van der Waals surface area contributed by atoms with Crippen LogP contribution in [0.3, 0.4) is 0 Å². The lowest BCUT2D eigenvalue weighted by atomic mass is 10.1. The van der Waals surface area contributed by atoms with Crippen molar-refractivity contribution in [1.82, 2.24) is 4.90 Å². The zero-order valence-electron chi connectivity index (χ0n) is 9.77. The van der Waals surface area contributed by atoms with Gasteiger partial charge in [-0.1, -0.05) is 28.1 Å². The molecule has 2 atom stereocenters. The number of rotatable bonds is 4. The van der Waals surface area contributed by atoms with Crippen molar-refractivity contribution in [3.8, 4) is 0 Å². The standard InChI is InChI=1S/C13H16BrNO2/c1-15(6-7-16)13(17)12-8-11(12)9-2-4-10(14)5-3-9/h2-5,11-12,16H,6-8H2,1H3. The van der Waals surface area contributed by atoms with Gasteiger partial charge in [0.25, 0.3) is 0 Å². The first-order valence-electron chi connectivity index (χ1n) is 5.74. The number of hydrogen-bond acceptors (Lipinski definition) is 2. The average Bonchev–Trinajstić information content (AvgIpc) is 3.09. The van der Waals surface area contributed by atoms with Crippen LogP contribution in [0.4, 0.5) is 0 Å². The number of carbonyl (C=O) groups excluding carboxylic acids is 1. The molecule has 1 aliphatic carbocycles. The third-order valence-corrected chi connectivity index (χ3v) is 3.75. The lowest BCUT2D eigenvalue weighted by molar-refractivity contribution is -0.131. The monoisotopic (exact) mass is 297 g/mol. The molecule has 17 heavy (non-hydrogen) atoms. The summed E-state index contributed by atoms with van der Waals surface area (Å²) >= 11 is 3.40. The maximum absolute atomic E-state index is 12.0. The highest BCUT2D eigenvalue weighted by atomic mass is 79.9. The molecule has 1 saturated carbocycles. The Morgan fingerprint density at radius 3 is 2.71 bits per heavy atom. The molecular weight excluding hydrogens is 282 g/mol. The second-order valence-corrected chi connectivity index (χ2v) is 5.40. The predicted octanol–water partition coefficient (Wildman–Crippen LogP) is 2.00. The average molecular weight is 298 g/mol. The van der Waals surface area contributed by atoms with Crippen molar-refractivity contribution >= 4 is 21.8 Å². The molecule has 1 aliphatic rings. The van der Waals surface area contributed by atoms with Crippen molar-refractivity contribution in [2.75, 3.05) is 20.2 Å². The quantitative estimate of drug-likeness (QED) is 0.923. The van der Waals surface area contributed by atoms with Gasteiger partial charge in [-0.15, -0.1) is 0 Å². The molecule has 92 valence electrons. The molecule has 1 fully saturated rings. The summed E-state index contributed by atoms with van der Waals surface area (Å²) in [6, 6.07) is 8.14. The summed E-state index contributed by atoms with van der Waals surface area (Å²) in [6.07, 6.45) is 0.927. The lowest BCUT2D eigenvalue weighted by Gasteiger charge is -2.15. The zero-order chi connectivity index (χ0) is 12.4. The second kappa shape index (κ2) is 5.19. The van der Waals surface area contributed by atoms with E-state index in [4.69, 9.17) is 5.11 Å². The summed E-state index contributed by atoms with van der Waals surface area (Å²) in [6.45, 7) is 0.445. The van der Waals surface area contributed by atoms with Crippen LogP contribution in [0.1, 0.15) is 17.9 Å². The van der Waals surface area contributed by atoms with Gasteiger partial charge >= 0.3 is 0 Å². The van der Waals surface area contributed by atoms with E-state index in [1.807, 2.05) is 12.1 Å². The molecule has 0 aliphatic heterocycles. The van der Waals surface area contributed by atoms with Crippen LogP contribution in [-0.4, -0.2) is 36.1 Å². The molecule has 0 spiro atoms. The summed E-state index contributed by atoms with van der Waals surface area (Å²) in [5.41, 5.74) is 1.23. The molecule has 1 amide bonds. The summed E-state index contributed by atoms with van der Waals surface area (Å²) in [4.78, 5) is 13.6. The number of carbonyl (C=O) groups is 1. The molecule has 2 rings (SSSR count). The minimum Gasteiger partial charge on any atom is -0.395 e. The van der Waals surface area contributed by atoms with Crippen LogP contribution in [0.2, 0.25) is 0 Å². The minimum atomic E-state index is 0.0257. The Kier molecular flexibility index (Phi) is 3.84. The second-order valence-electron chi connectivity index (χ2n) is 4.48. The number of aliphatic hydroxyl groups is 1. The first-order valence-corrected chi connectivity index (χ1v) is 6.54. The van der Waals surface area contributed by atoms with Crippen molar-refractivity contribution in [3.63, 3.8) is 0 Å². The van der Waals surface area contributed by atoms with Crippen molar-refractivity contribution in [3.05, 3.63) is 34.3 Å². The van der Waals surface area contributed by atoms with Crippen LogP contribution in [0.25, 0.3) is 0 Å². The van der Waals surface area contributed by atoms with Crippen LogP contribution in [-0.2, 0) is 4.79 Å². The molecule has 0 bridgehead atoms. The smallest absolute Gasteiger partial charge is 0.226 e. The molecule has 4 heteroatoms. The van der Waals surface area contributed by atoms with E-state index in [-0.39, 0.29) is 18.4 Å². The number of halogens is 1. The molecule has 1 aromatic carbocycles. The maximum atomic E-state index is 12.0. The number of amides is 1. The van der Waals surface area contributed by atoms with Gasteiger partial charge in [-0.2, -0.15) is 0 Å². The van der Waals surface area contributed by atoms with E-state index in [0.717, 1.165) is 10.9 Å². The van der Waals surface area contributed by atoms with Crippen molar-refractivity contribution in [2.24, 2.45) is 5.92 Å². The van der Waals surface area contributed by atoms with E-state index in [9.17, 15) is 4.79 Å². The van der Waals surface area contributed by atoms with Crippen molar-refractivity contribution in [2.45, 2.75) is 12.3 Å². The van der Waals surface area contributed by atoms with E-state index >= 15 is 0 Å². The Morgan fingerprint density at radius 1 is 1.47 bits per heavy atom. The Labute approximate surface area is 110 Å². The van der Waals surface area contributed by atoms with Gasteiger partial charge in [-0.05, 0) is 30.0 Å². The molecule has 2 unspecified atom stereocenters. The number of likely N-dealkylation sites (N-methyl/N-ethyl adjacent to an activating group) is 1. The van der Waals surface area contributed by atoms with Gasteiger partial charge in [-0.25, -0.2) is 0 Å². The SMILES string of the molecule is CN(CCO)C(=O)C1CC1c1ccc(Br)cc1. The maximum Gasteiger partial charge on any atom is 0.226 e. The van der Waals surface area contributed by atoms with E-state index in [1.54, 1.807) is 11.9 Å². The fraction of sp³-hybridized carbons (Fsp3) is 0.462. The van der Waals surface area contributed by atoms with E-state index in [2.05, 4.69) is 28.1 Å². The van der Waals surface area contributed by atoms with Crippen LogP contribution in [0.15, 0.2) is 28.7 Å². The Morgan fingerprint density at radius 2 is 2.12 bits per heavy atom. The largest absolute Gasteiger partial charge is 0.395 e. The van der Waals surface area contributed by atoms with E-state index in [0.29, 0.717) is 12.5 Å². The van der Waals surface area contributed by atoms with Crippen molar-refractivity contribution in [1.29, 1.82) is 0 Å². The van der Waals surface area contributed by atoms with Gasteiger partial charge in [0.05, 0.1) is 6.61 Å². The first kappa shape index (κ1) is 12.6. The van der Waals surface area contributed by atoms with Crippen LogP contribution < -0.4 is 0 Å². The molecule has 0 saturated heterocycles. The van der Waals surface area contributed by atoms with Gasteiger partial charge in [0, 0.05) is 24.0 Å². The third kappa shape index (κ3) is 2.87. The molecular formula is C13H16BrNO2. The molecule has 1 N–H and O–H groups in total. The number of aliphatic hydroxyl groups excluding tert-OH is 1. The lowest BCUT2D eigenvalue weighted by Crippen LogP contribution is -2.31. The molecule has 1 aromatic rings. The summed E-state index contributed by atoms with van der Waals surface area (Å²) in [5.74, 6) is 0.608. The van der Waals surface area contributed by atoms with Gasteiger partial charge in [-0.3, -0.25) is 4.79 Å². The topological polar surface area (TPSA) is 40.5 Å². The van der Waals surface area contributed by atoms with Gasteiger partial charge in [0.2, 0.25) is 5.91 Å². The van der Waals surface area contributed by atoms with Crippen LogP contribution in [0, 0.1) is 5.92 Å². The Bertz CT molecular complexity index is 404. The third-order valence-electron chi connectivity index (χ3n) is 3.22. The van der Waals surface area contributed by atoms with E-state index in [1.165, 1.54) is 5.56 Å². The highest BCUT2D eigenvalue weighted by Gasteiger charge is 2.44. The normalized spacial score (nSPS) is 22.3. The molecule has 0 heterocycles. The molecule has 3 nitrogen and oxygen atoms in total. The first-order chi connectivity index (χ1) is 8.13. The highest BCUT2D eigenvalue weighted by molar-refractivity contribution is 9.10. The zero-order valence-corrected chi connectivity index (χ0v) is 11.4. The van der Waals surface area contributed by atoms with Crippen LogP contribution in [0.5, 0.6) is 0 Å². The molecule has 0 radical (unpaired) electrons. The highest BCUT2D eigenvalue weighted by Crippen LogP contribution is 2.48. The Hall–Kier alpha value is -0.870. The number of benzene rings is 1. The predicted molar refractivity (Wildman–Crippen MR) is 69.7 cm³/mol. The molecule has 0 aromatic heterocycles. The van der Waals surface area contributed by atoms with E-state index < -0.39 is 0 Å². The van der Waals surface area contributed by atoms with Gasteiger partial charge in [0.1, 0.15) is 0 Å². The van der Waals surface area contributed by atoms with Gasteiger partial charge in [0.15, 0.2) is 0 Å². The number of hydrogen-bond donors (Lipinski definition) is 1. The fourth-order valence-corrected chi connectivity index (χ4v) is 2.35. The summed E-state index contributed by atoms with van der Waals surface area (Å²) in [5, 5.41) is 8.80. The fourth-order valence-electron chi connectivity index (χ4n) is 2.09. The van der Waals surface area contributed by atoms with Crippen molar-refractivity contribution < 1.29 is 9.90 Å². The van der Waals surface area contributed by atoms with Gasteiger partial charge < -0.3 is 10.0 Å². The number of nitrogens with zero attached hydrogens (tertiary/aromatic N) is 1. The Balaban J connectivity index is 1.96. The summed E-state index contributed by atoms with van der Waals surface area (Å²) in [7, 11) is 1.75.